The third kappa shape index (κ3) is 3.08. The normalized spacial score (nSPS) is 20.6. The number of nitrogens with zero attached hydrogens (tertiary/aromatic N) is 3. The molecule has 3 heterocycles. The molecule has 4 rings (SSSR count). The summed E-state index contributed by atoms with van der Waals surface area (Å²) in [7, 11) is 2.01. The molecular formula is C23H25N4O+. The van der Waals surface area contributed by atoms with Crippen molar-refractivity contribution in [2.24, 2.45) is 0 Å². The SMILES string of the molecule is CC[C@@H]1c2cnccc2C[N+]1(C)C(=O)Nc1ccc(C)c(-c2ccccn2)c1. The summed E-state index contributed by atoms with van der Waals surface area (Å²) in [6.45, 7) is 4.86. The van der Waals surface area contributed by atoms with E-state index in [0.717, 1.165) is 28.9 Å². The Hall–Kier alpha value is -3.05. The molecule has 1 N–H and O–H groups in total. The lowest BCUT2D eigenvalue weighted by molar-refractivity contribution is -0.866. The summed E-state index contributed by atoms with van der Waals surface area (Å²) in [5, 5.41) is 3.15. The van der Waals surface area contributed by atoms with Gasteiger partial charge in [-0.15, -0.1) is 0 Å². The lowest BCUT2D eigenvalue weighted by Gasteiger charge is -2.32. The van der Waals surface area contributed by atoms with Gasteiger partial charge in [-0.1, -0.05) is 19.1 Å². The van der Waals surface area contributed by atoms with Gasteiger partial charge in [-0.3, -0.25) is 15.3 Å². The summed E-state index contributed by atoms with van der Waals surface area (Å²) in [5.74, 6) is 0. The molecule has 28 heavy (non-hydrogen) atoms. The largest absolute Gasteiger partial charge is 0.421 e. The predicted molar refractivity (Wildman–Crippen MR) is 111 cm³/mol. The molecule has 0 fully saturated rings. The van der Waals surface area contributed by atoms with Crippen LogP contribution in [0.25, 0.3) is 11.3 Å². The maximum absolute atomic E-state index is 13.3. The van der Waals surface area contributed by atoms with Crippen LogP contribution in [0.5, 0.6) is 0 Å². The Morgan fingerprint density at radius 1 is 1.21 bits per heavy atom. The monoisotopic (exact) mass is 373 g/mol. The zero-order valence-corrected chi connectivity index (χ0v) is 16.5. The lowest BCUT2D eigenvalue weighted by atomic mass is 10.0. The summed E-state index contributed by atoms with van der Waals surface area (Å²) >= 11 is 0. The van der Waals surface area contributed by atoms with E-state index in [4.69, 9.17) is 0 Å². The number of pyridine rings is 2. The molecule has 0 aliphatic carbocycles. The number of fused-ring (bicyclic) bond motifs is 1. The molecule has 1 aromatic carbocycles. The number of rotatable bonds is 3. The average molecular weight is 373 g/mol. The zero-order chi connectivity index (χ0) is 19.7. The highest BCUT2D eigenvalue weighted by atomic mass is 16.2. The van der Waals surface area contributed by atoms with E-state index in [9.17, 15) is 4.79 Å². The fraction of sp³-hybridized carbons (Fsp3) is 0.261. The number of benzene rings is 1. The van der Waals surface area contributed by atoms with Gasteiger partial charge in [0.05, 0.1) is 12.7 Å². The van der Waals surface area contributed by atoms with Crippen molar-refractivity contribution in [3.8, 4) is 11.3 Å². The number of nitrogens with one attached hydrogen (secondary N) is 1. The van der Waals surface area contributed by atoms with Crippen molar-refractivity contribution >= 4 is 11.7 Å². The minimum Gasteiger partial charge on any atom is -0.275 e. The number of urea groups is 1. The summed E-state index contributed by atoms with van der Waals surface area (Å²) in [5.41, 5.74) is 6.24. The molecule has 142 valence electrons. The molecule has 5 heteroatoms. The molecule has 5 nitrogen and oxygen atoms in total. The molecule has 0 radical (unpaired) electrons. The van der Waals surface area contributed by atoms with Crippen molar-refractivity contribution < 1.29 is 9.28 Å². The molecular weight excluding hydrogens is 348 g/mol. The first-order valence-corrected chi connectivity index (χ1v) is 9.64. The van der Waals surface area contributed by atoms with Gasteiger partial charge in [0, 0.05) is 47.4 Å². The van der Waals surface area contributed by atoms with Crippen LogP contribution in [0.4, 0.5) is 10.5 Å². The van der Waals surface area contributed by atoms with Crippen LogP contribution >= 0.6 is 0 Å². The molecule has 1 aliphatic rings. The maximum Gasteiger partial charge on any atom is 0.421 e. The molecule has 2 aromatic heterocycles. The van der Waals surface area contributed by atoms with Gasteiger partial charge in [-0.2, -0.15) is 0 Å². The van der Waals surface area contributed by atoms with Gasteiger partial charge in [0.25, 0.3) is 0 Å². The van der Waals surface area contributed by atoms with Crippen LogP contribution in [0.3, 0.4) is 0 Å². The van der Waals surface area contributed by atoms with Crippen molar-refractivity contribution in [3.63, 3.8) is 0 Å². The standard InChI is InChI=1S/C23H24N4O/c1-4-22-20-14-24-12-10-17(20)15-27(22,3)23(28)26-18-9-8-16(2)19(13-18)21-7-5-6-11-25-21/h5-14,22H,4,15H2,1-3H3/p+1/t22-,27?/m1/s1. The smallest absolute Gasteiger partial charge is 0.275 e. The van der Waals surface area contributed by atoms with Crippen LogP contribution in [-0.2, 0) is 6.54 Å². The Morgan fingerprint density at radius 2 is 2.07 bits per heavy atom. The molecule has 3 aromatic rings. The fourth-order valence-corrected chi connectivity index (χ4v) is 4.24. The van der Waals surface area contributed by atoms with Gasteiger partial charge in [0.2, 0.25) is 0 Å². The Kier molecular flexibility index (Phi) is 4.69. The van der Waals surface area contributed by atoms with E-state index >= 15 is 0 Å². The number of anilines is 1. The number of quaternary nitrogens is 1. The lowest BCUT2D eigenvalue weighted by Crippen LogP contribution is -2.49. The van der Waals surface area contributed by atoms with Gasteiger partial charge in [0.1, 0.15) is 12.6 Å². The summed E-state index contributed by atoms with van der Waals surface area (Å²) in [6.07, 6.45) is 6.38. The highest BCUT2D eigenvalue weighted by molar-refractivity contribution is 5.86. The number of hydrogen-bond acceptors (Lipinski definition) is 3. The maximum atomic E-state index is 13.3. The first-order chi connectivity index (χ1) is 13.5. The molecule has 0 saturated carbocycles. The Labute approximate surface area is 165 Å². The minimum absolute atomic E-state index is 0.00104. The van der Waals surface area contributed by atoms with E-state index in [1.54, 1.807) is 12.4 Å². The van der Waals surface area contributed by atoms with Crippen molar-refractivity contribution in [1.29, 1.82) is 0 Å². The highest BCUT2D eigenvalue weighted by Crippen LogP contribution is 2.41. The van der Waals surface area contributed by atoms with E-state index in [-0.39, 0.29) is 12.1 Å². The number of carbonyl (C=O) groups excluding carboxylic acids is 1. The van der Waals surface area contributed by atoms with Crippen LogP contribution in [0, 0.1) is 6.92 Å². The average Bonchev–Trinajstić information content (AvgIpc) is 3.02. The van der Waals surface area contributed by atoms with Gasteiger partial charge in [0.15, 0.2) is 0 Å². The van der Waals surface area contributed by atoms with Gasteiger partial charge in [-0.25, -0.2) is 9.28 Å². The second kappa shape index (κ2) is 7.17. The Balaban J connectivity index is 1.63. The zero-order valence-electron chi connectivity index (χ0n) is 16.5. The van der Waals surface area contributed by atoms with Crippen LogP contribution in [0.15, 0.2) is 61.1 Å². The van der Waals surface area contributed by atoms with Crippen LogP contribution < -0.4 is 5.32 Å². The van der Waals surface area contributed by atoms with Gasteiger partial charge in [-0.05, 0) is 42.8 Å². The van der Waals surface area contributed by atoms with Crippen LogP contribution in [0.1, 0.15) is 36.1 Å². The van der Waals surface area contributed by atoms with Crippen molar-refractivity contribution in [3.05, 3.63) is 77.7 Å². The molecule has 1 unspecified atom stereocenters. The molecule has 0 bridgehead atoms. The van der Waals surface area contributed by atoms with Crippen LogP contribution in [-0.4, -0.2) is 27.5 Å². The van der Waals surface area contributed by atoms with Crippen LogP contribution in [0.2, 0.25) is 0 Å². The first kappa shape index (κ1) is 18.3. The molecule has 2 atom stereocenters. The number of aromatic nitrogens is 2. The molecule has 2 amide bonds. The summed E-state index contributed by atoms with van der Waals surface area (Å²) in [6, 6.07) is 14.0. The van der Waals surface area contributed by atoms with E-state index in [1.165, 1.54) is 11.1 Å². The number of amides is 2. The third-order valence-electron chi connectivity index (χ3n) is 5.77. The Morgan fingerprint density at radius 3 is 2.82 bits per heavy atom. The van der Waals surface area contributed by atoms with E-state index in [2.05, 4.69) is 29.1 Å². The van der Waals surface area contributed by atoms with Crippen molar-refractivity contribution in [2.75, 3.05) is 12.4 Å². The topological polar surface area (TPSA) is 54.9 Å². The quantitative estimate of drug-likeness (QED) is 0.650. The van der Waals surface area contributed by atoms with Crippen molar-refractivity contribution in [2.45, 2.75) is 32.9 Å². The summed E-state index contributed by atoms with van der Waals surface area (Å²) < 4.78 is 0.310. The molecule has 0 spiro atoms. The number of carbonyl (C=O) groups is 1. The Bertz CT molecular complexity index is 1020. The predicted octanol–water partition coefficient (Wildman–Crippen LogP) is 5.10. The fourth-order valence-electron chi connectivity index (χ4n) is 4.24. The number of aryl methyl sites for hydroxylation is 1. The molecule has 1 aliphatic heterocycles. The van der Waals surface area contributed by atoms with E-state index in [0.29, 0.717) is 11.0 Å². The first-order valence-electron chi connectivity index (χ1n) is 9.64. The number of hydrogen-bond donors (Lipinski definition) is 1. The summed E-state index contributed by atoms with van der Waals surface area (Å²) in [4.78, 5) is 22.1. The van der Waals surface area contributed by atoms with E-state index in [1.807, 2.05) is 55.7 Å². The highest BCUT2D eigenvalue weighted by Gasteiger charge is 2.47. The second-order valence-electron chi connectivity index (χ2n) is 7.60. The van der Waals surface area contributed by atoms with E-state index < -0.39 is 0 Å². The van der Waals surface area contributed by atoms with Crippen molar-refractivity contribution in [1.82, 2.24) is 9.97 Å². The van der Waals surface area contributed by atoms with Gasteiger partial charge < -0.3 is 0 Å². The minimum atomic E-state index is -0.00104. The van der Waals surface area contributed by atoms with Gasteiger partial charge >= 0.3 is 6.03 Å². The third-order valence-corrected chi connectivity index (χ3v) is 5.77. The molecule has 0 saturated heterocycles. The second-order valence-corrected chi connectivity index (χ2v) is 7.60.